The molecule has 0 fully saturated rings. The van der Waals surface area contributed by atoms with Crippen LogP contribution in [-0.4, -0.2) is 22.9 Å². The van der Waals surface area contributed by atoms with Gasteiger partial charge in [0, 0.05) is 17.4 Å². The molecule has 0 heterocycles. The highest BCUT2D eigenvalue weighted by Gasteiger charge is 2.32. The molecule has 1 aliphatic rings. The van der Waals surface area contributed by atoms with Gasteiger partial charge >= 0.3 is 0 Å². The molecular weight excluding hydrogens is 208 g/mol. The van der Waals surface area contributed by atoms with E-state index in [0.717, 1.165) is 31.3 Å². The summed E-state index contributed by atoms with van der Waals surface area (Å²) >= 11 is 0. The van der Waals surface area contributed by atoms with Gasteiger partial charge in [0.05, 0.1) is 6.04 Å². The molecule has 0 saturated heterocycles. The first kappa shape index (κ1) is 12.7. The third kappa shape index (κ3) is 3.32. The first-order chi connectivity index (χ1) is 7.52. The van der Waals surface area contributed by atoms with Crippen molar-refractivity contribution in [1.82, 2.24) is 5.32 Å². The first-order valence-electron chi connectivity index (χ1n) is 5.62. The van der Waals surface area contributed by atoms with E-state index in [9.17, 15) is 14.9 Å². The Kier molecular flexibility index (Phi) is 4.46. The topological polar surface area (TPSA) is 72.2 Å². The maximum atomic E-state index is 11.0. The molecular formula is C11H18N2O3. The summed E-state index contributed by atoms with van der Waals surface area (Å²) in [4.78, 5) is 21.7. The van der Waals surface area contributed by atoms with E-state index in [4.69, 9.17) is 0 Å². The van der Waals surface area contributed by atoms with E-state index in [1.807, 2.05) is 6.08 Å². The van der Waals surface area contributed by atoms with Crippen molar-refractivity contribution in [2.75, 3.05) is 0 Å². The van der Waals surface area contributed by atoms with Crippen molar-refractivity contribution in [1.29, 1.82) is 0 Å². The highest BCUT2D eigenvalue weighted by Crippen LogP contribution is 2.23. The highest BCUT2D eigenvalue weighted by atomic mass is 16.6. The van der Waals surface area contributed by atoms with Crippen molar-refractivity contribution >= 4 is 5.91 Å². The molecule has 16 heavy (non-hydrogen) atoms. The standard InChI is InChI=1S/C11H18N2O3/c1-8(12-9(2)14)11(13(15)16)10-6-4-3-5-7-10/h6,8,11H,3-5,7H2,1-2H3,(H,12,14). The highest BCUT2D eigenvalue weighted by molar-refractivity contribution is 5.73. The van der Waals surface area contributed by atoms with Crippen LogP contribution in [0.2, 0.25) is 0 Å². The molecule has 1 aliphatic carbocycles. The second-order valence-electron chi connectivity index (χ2n) is 4.24. The Balaban J connectivity index is 2.77. The molecule has 5 nitrogen and oxygen atoms in total. The molecule has 0 saturated carbocycles. The van der Waals surface area contributed by atoms with Gasteiger partial charge in [-0.1, -0.05) is 6.08 Å². The zero-order valence-corrected chi connectivity index (χ0v) is 9.73. The fourth-order valence-electron chi connectivity index (χ4n) is 2.17. The summed E-state index contributed by atoms with van der Waals surface area (Å²) in [5.41, 5.74) is 0.859. The SMILES string of the molecule is CC(=O)NC(C)C(C1=CCCCC1)[N+](=O)[O-]. The van der Waals surface area contributed by atoms with Crippen molar-refractivity contribution in [2.24, 2.45) is 0 Å². The minimum absolute atomic E-state index is 0.226. The van der Waals surface area contributed by atoms with E-state index in [-0.39, 0.29) is 10.8 Å². The summed E-state index contributed by atoms with van der Waals surface area (Å²) in [6, 6.07) is -1.22. The monoisotopic (exact) mass is 226 g/mol. The minimum atomic E-state index is -0.774. The van der Waals surface area contributed by atoms with Gasteiger partial charge in [0.25, 0.3) is 6.04 Å². The van der Waals surface area contributed by atoms with Gasteiger partial charge in [-0.15, -0.1) is 0 Å². The smallest absolute Gasteiger partial charge is 0.253 e. The molecule has 1 rings (SSSR count). The Morgan fingerprint density at radius 2 is 2.25 bits per heavy atom. The number of nitrogens with one attached hydrogen (secondary N) is 1. The summed E-state index contributed by atoms with van der Waals surface area (Å²) in [5.74, 6) is -0.226. The average Bonchev–Trinajstić information content (AvgIpc) is 2.17. The number of amides is 1. The third-order valence-corrected chi connectivity index (χ3v) is 2.84. The number of allylic oxidation sites excluding steroid dienone is 1. The molecule has 0 bridgehead atoms. The van der Waals surface area contributed by atoms with Gasteiger partial charge < -0.3 is 5.32 Å². The fraction of sp³-hybridized carbons (Fsp3) is 0.727. The Bertz CT molecular complexity index is 312. The summed E-state index contributed by atoms with van der Waals surface area (Å²) in [5, 5.41) is 13.6. The minimum Gasteiger partial charge on any atom is -0.347 e. The van der Waals surface area contributed by atoms with Crippen molar-refractivity contribution in [3.8, 4) is 0 Å². The van der Waals surface area contributed by atoms with Crippen molar-refractivity contribution in [3.05, 3.63) is 21.8 Å². The number of hydrogen-bond donors (Lipinski definition) is 1. The third-order valence-electron chi connectivity index (χ3n) is 2.84. The molecule has 0 aromatic carbocycles. The quantitative estimate of drug-likeness (QED) is 0.450. The van der Waals surface area contributed by atoms with Gasteiger partial charge in [0.1, 0.15) is 0 Å². The van der Waals surface area contributed by atoms with Crippen LogP contribution in [0.25, 0.3) is 0 Å². The van der Waals surface area contributed by atoms with Crippen molar-refractivity contribution in [3.63, 3.8) is 0 Å². The molecule has 1 N–H and O–H groups in total. The molecule has 0 aromatic rings. The van der Waals surface area contributed by atoms with E-state index >= 15 is 0 Å². The molecule has 0 radical (unpaired) electrons. The lowest BCUT2D eigenvalue weighted by Crippen LogP contribution is -2.45. The summed E-state index contributed by atoms with van der Waals surface area (Å²) in [7, 11) is 0. The average molecular weight is 226 g/mol. The largest absolute Gasteiger partial charge is 0.347 e. The summed E-state index contributed by atoms with van der Waals surface area (Å²) < 4.78 is 0. The predicted molar refractivity (Wildman–Crippen MR) is 60.6 cm³/mol. The Morgan fingerprint density at radius 3 is 2.69 bits per heavy atom. The maximum Gasteiger partial charge on any atom is 0.253 e. The Hall–Kier alpha value is -1.39. The van der Waals surface area contributed by atoms with Crippen molar-refractivity contribution < 1.29 is 9.72 Å². The van der Waals surface area contributed by atoms with Gasteiger partial charge in [0.2, 0.25) is 5.91 Å². The molecule has 2 atom stereocenters. The van der Waals surface area contributed by atoms with Crippen LogP contribution in [0, 0.1) is 10.1 Å². The van der Waals surface area contributed by atoms with Crippen LogP contribution in [0.1, 0.15) is 39.5 Å². The van der Waals surface area contributed by atoms with Gasteiger partial charge in [-0.05, 0) is 32.6 Å². The number of carbonyl (C=O) groups is 1. The number of hydrogen-bond acceptors (Lipinski definition) is 3. The normalized spacial score (nSPS) is 19.5. The van der Waals surface area contributed by atoms with E-state index in [2.05, 4.69) is 5.32 Å². The second-order valence-corrected chi connectivity index (χ2v) is 4.24. The maximum absolute atomic E-state index is 11.0. The van der Waals surface area contributed by atoms with Crippen LogP contribution in [0.3, 0.4) is 0 Å². The van der Waals surface area contributed by atoms with E-state index in [1.54, 1.807) is 6.92 Å². The van der Waals surface area contributed by atoms with Crippen LogP contribution < -0.4 is 5.32 Å². The molecule has 2 unspecified atom stereocenters. The lowest BCUT2D eigenvalue weighted by molar-refractivity contribution is -0.516. The van der Waals surface area contributed by atoms with Gasteiger partial charge in [-0.3, -0.25) is 14.9 Å². The van der Waals surface area contributed by atoms with E-state index < -0.39 is 12.1 Å². The number of nitro groups is 1. The van der Waals surface area contributed by atoms with Gasteiger partial charge in [-0.25, -0.2) is 0 Å². The molecule has 0 spiro atoms. The van der Waals surface area contributed by atoms with Crippen LogP contribution in [0.4, 0.5) is 0 Å². The molecule has 5 heteroatoms. The van der Waals surface area contributed by atoms with E-state index in [0.29, 0.717) is 0 Å². The zero-order chi connectivity index (χ0) is 12.1. The lowest BCUT2D eigenvalue weighted by Gasteiger charge is -2.22. The Morgan fingerprint density at radius 1 is 1.56 bits per heavy atom. The van der Waals surface area contributed by atoms with Crippen LogP contribution in [0.15, 0.2) is 11.6 Å². The zero-order valence-electron chi connectivity index (χ0n) is 9.73. The summed E-state index contributed by atoms with van der Waals surface area (Å²) in [6.07, 6.45) is 5.74. The second kappa shape index (κ2) is 5.63. The van der Waals surface area contributed by atoms with Gasteiger partial charge in [-0.2, -0.15) is 0 Å². The number of carbonyl (C=O) groups excluding carboxylic acids is 1. The number of nitrogens with zero attached hydrogens (tertiary/aromatic N) is 1. The molecule has 0 aromatic heterocycles. The molecule has 0 aliphatic heterocycles. The molecule has 90 valence electrons. The van der Waals surface area contributed by atoms with Gasteiger partial charge in [0.15, 0.2) is 0 Å². The fourth-order valence-corrected chi connectivity index (χ4v) is 2.17. The summed E-state index contributed by atoms with van der Waals surface area (Å²) in [6.45, 7) is 3.06. The van der Waals surface area contributed by atoms with Crippen LogP contribution >= 0.6 is 0 Å². The predicted octanol–water partition coefficient (Wildman–Crippen LogP) is 1.66. The lowest BCUT2D eigenvalue weighted by atomic mass is 9.91. The van der Waals surface area contributed by atoms with E-state index in [1.165, 1.54) is 6.92 Å². The first-order valence-corrected chi connectivity index (χ1v) is 5.62. The van der Waals surface area contributed by atoms with Crippen LogP contribution in [-0.2, 0) is 4.79 Å². The molecule has 1 amide bonds. The number of rotatable bonds is 4. The Labute approximate surface area is 95.1 Å². The van der Waals surface area contributed by atoms with Crippen LogP contribution in [0.5, 0.6) is 0 Å². The van der Waals surface area contributed by atoms with Crippen molar-refractivity contribution in [2.45, 2.75) is 51.6 Å².